The van der Waals surface area contributed by atoms with Gasteiger partial charge >= 0.3 is 0 Å². The van der Waals surface area contributed by atoms with Gasteiger partial charge in [-0.1, -0.05) is 25.7 Å². The maximum Gasteiger partial charge on any atom is 0.258 e. The van der Waals surface area contributed by atoms with Crippen LogP contribution < -0.4 is 14.8 Å². The molecule has 1 N–H and O–H groups in total. The standard InChI is InChI=1S/C18H24N2O3/c1-2-22-17-11-14(12-19)9-10-16(17)23-13-18(21)20-15-7-5-3-4-6-8-15/h9-11,15H,2-8,13H2,1H3,(H,20,21). The molecule has 0 saturated heterocycles. The minimum atomic E-state index is -0.108. The van der Waals surface area contributed by atoms with E-state index >= 15 is 0 Å². The first-order chi connectivity index (χ1) is 11.2. The van der Waals surface area contributed by atoms with E-state index in [1.165, 1.54) is 25.7 Å². The number of amides is 1. The van der Waals surface area contributed by atoms with Crippen molar-refractivity contribution in [2.75, 3.05) is 13.2 Å². The van der Waals surface area contributed by atoms with Crippen LogP contribution >= 0.6 is 0 Å². The van der Waals surface area contributed by atoms with Crippen LogP contribution in [0.1, 0.15) is 51.0 Å². The van der Waals surface area contributed by atoms with Gasteiger partial charge in [-0.15, -0.1) is 0 Å². The Balaban J connectivity index is 1.89. The molecule has 5 heteroatoms. The smallest absolute Gasteiger partial charge is 0.258 e. The molecule has 124 valence electrons. The third-order valence-corrected chi connectivity index (χ3v) is 3.95. The van der Waals surface area contributed by atoms with Gasteiger partial charge in [-0.25, -0.2) is 0 Å². The van der Waals surface area contributed by atoms with Crippen molar-refractivity contribution >= 4 is 5.91 Å². The highest BCUT2D eigenvalue weighted by Gasteiger charge is 2.15. The van der Waals surface area contributed by atoms with Crippen LogP contribution in [-0.4, -0.2) is 25.2 Å². The van der Waals surface area contributed by atoms with Crippen LogP contribution in [-0.2, 0) is 4.79 Å². The van der Waals surface area contributed by atoms with Crippen molar-refractivity contribution in [3.8, 4) is 17.6 Å². The molecule has 0 radical (unpaired) electrons. The third-order valence-electron chi connectivity index (χ3n) is 3.95. The van der Waals surface area contributed by atoms with Crippen LogP contribution in [0.25, 0.3) is 0 Å². The number of ether oxygens (including phenoxy) is 2. The number of carbonyl (C=O) groups excluding carboxylic acids is 1. The van der Waals surface area contributed by atoms with E-state index in [0.717, 1.165) is 12.8 Å². The topological polar surface area (TPSA) is 71.3 Å². The molecule has 0 heterocycles. The number of carbonyl (C=O) groups is 1. The fourth-order valence-electron chi connectivity index (χ4n) is 2.80. The Morgan fingerprint density at radius 1 is 1.22 bits per heavy atom. The summed E-state index contributed by atoms with van der Waals surface area (Å²) >= 11 is 0. The largest absolute Gasteiger partial charge is 0.490 e. The van der Waals surface area contributed by atoms with Crippen molar-refractivity contribution in [1.29, 1.82) is 5.26 Å². The maximum atomic E-state index is 12.1. The predicted molar refractivity (Wildman–Crippen MR) is 87.5 cm³/mol. The van der Waals surface area contributed by atoms with Crippen LogP contribution in [0.5, 0.6) is 11.5 Å². The fourth-order valence-corrected chi connectivity index (χ4v) is 2.80. The number of benzene rings is 1. The van der Waals surface area contributed by atoms with Crippen molar-refractivity contribution < 1.29 is 14.3 Å². The van der Waals surface area contributed by atoms with Crippen molar-refractivity contribution in [3.05, 3.63) is 23.8 Å². The molecule has 1 aliphatic carbocycles. The van der Waals surface area contributed by atoms with Crippen LogP contribution in [0, 0.1) is 11.3 Å². The van der Waals surface area contributed by atoms with E-state index in [1.54, 1.807) is 18.2 Å². The average molecular weight is 316 g/mol. The first-order valence-electron chi connectivity index (χ1n) is 8.32. The van der Waals surface area contributed by atoms with Gasteiger partial charge in [0.05, 0.1) is 18.2 Å². The molecular weight excluding hydrogens is 292 g/mol. The molecule has 1 aliphatic rings. The summed E-state index contributed by atoms with van der Waals surface area (Å²) in [5, 5.41) is 12.0. The maximum absolute atomic E-state index is 12.1. The van der Waals surface area contributed by atoms with Crippen LogP contribution in [0.15, 0.2) is 18.2 Å². The minimum Gasteiger partial charge on any atom is -0.490 e. The predicted octanol–water partition coefficient (Wildman–Crippen LogP) is 3.17. The van der Waals surface area contributed by atoms with Crippen LogP contribution in [0.2, 0.25) is 0 Å². The summed E-state index contributed by atoms with van der Waals surface area (Å²) in [6.45, 7) is 2.30. The third kappa shape index (κ3) is 5.48. The summed E-state index contributed by atoms with van der Waals surface area (Å²) in [6, 6.07) is 7.28. The summed E-state index contributed by atoms with van der Waals surface area (Å²) in [4.78, 5) is 12.1. The van der Waals surface area contributed by atoms with Gasteiger partial charge in [0, 0.05) is 12.1 Å². The van der Waals surface area contributed by atoms with Crippen molar-refractivity contribution in [1.82, 2.24) is 5.32 Å². The highest BCUT2D eigenvalue weighted by molar-refractivity contribution is 5.78. The molecule has 0 atom stereocenters. The zero-order valence-electron chi connectivity index (χ0n) is 13.6. The SMILES string of the molecule is CCOc1cc(C#N)ccc1OCC(=O)NC1CCCCCC1. The number of nitrogens with one attached hydrogen (secondary N) is 1. The van der Waals surface area contributed by atoms with Gasteiger partial charge in [-0.05, 0) is 31.9 Å². The van der Waals surface area contributed by atoms with Gasteiger partial charge in [0.25, 0.3) is 5.91 Å². The molecule has 1 saturated carbocycles. The van der Waals surface area contributed by atoms with Crippen molar-refractivity contribution in [2.24, 2.45) is 0 Å². The zero-order valence-corrected chi connectivity index (χ0v) is 13.6. The Morgan fingerprint density at radius 2 is 1.96 bits per heavy atom. The molecule has 23 heavy (non-hydrogen) atoms. The lowest BCUT2D eigenvalue weighted by molar-refractivity contribution is -0.123. The van der Waals surface area contributed by atoms with Gasteiger partial charge in [0.2, 0.25) is 0 Å². The molecular formula is C18H24N2O3. The lowest BCUT2D eigenvalue weighted by Gasteiger charge is -2.17. The molecule has 0 spiro atoms. The van der Waals surface area contributed by atoms with Crippen LogP contribution in [0.3, 0.4) is 0 Å². The average Bonchev–Trinajstić information content (AvgIpc) is 2.82. The first-order valence-corrected chi connectivity index (χ1v) is 8.32. The van der Waals surface area contributed by atoms with E-state index in [9.17, 15) is 4.79 Å². The summed E-state index contributed by atoms with van der Waals surface area (Å²) in [5.41, 5.74) is 0.503. The van der Waals surface area contributed by atoms with E-state index in [4.69, 9.17) is 14.7 Å². The summed E-state index contributed by atoms with van der Waals surface area (Å²) < 4.78 is 11.0. The Hall–Kier alpha value is -2.22. The number of nitriles is 1. The van der Waals surface area contributed by atoms with E-state index in [1.807, 2.05) is 6.92 Å². The lowest BCUT2D eigenvalue weighted by Crippen LogP contribution is -2.37. The second-order valence-electron chi connectivity index (χ2n) is 5.75. The molecule has 1 amide bonds. The quantitative estimate of drug-likeness (QED) is 0.818. The second kappa shape index (κ2) is 9.04. The fraction of sp³-hybridized carbons (Fsp3) is 0.556. The molecule has 0 aromatic heterocycles. The minimum absolute atomic E-state index is 0.0392. The van der Waals surface area contributed by atoms with Crippen LogP contribution in [0.4, 0.5) is 0 Å². The molecule has 0 bridgehead atoms. The molecule has 2 rings (SSSR count). The Bertz CT molecular complexity index is 558. The Morgan fingerprint density at radius 3 is 2.61 bits per heavy atom. The monoisotopic (exact) mass is 316 g/mol. The first kappa shape index (κ1) is 17.1. The molecule has 1 fully saturated rings. The zero-order chi connectivity index (χ0) is 16.5. The molecule has 1 aromatic rings. The highest BCUT2D eigenvalue weighted by atomic mass is 16.5. The number of nitrogens with zero attached hydrogens (tertiary/aromatic N) is 1. The highest BCUT2D eigenvalue weighted by Crippen LogP contribution is 2.28. The van der Waals surface area contributed by atoms with E-state index < -0.39 is 0 Å². The van der Waals surface area contributed by atoms with Crippen molar-refractivity contribution in [3.63, 3.8) is 0 Å². The summed E-state index contributed by atoms with van der Waals surface area (Å²) in [6.07, 6.45) is 6.96. The van der Waals surface area contributed by atoms with Gasteiger partial charge in [0.1, 0.15) is 0 Å². The van der Waals surface area contributed by atoms with E-state index in [2.05, 4.69) is 11.4 Å². The number of hydrogen-bond acceptors (Lipinski definition) is 4. The van der Waals surface area contributed by atoms with Crippen molar-refractivity contribution in [2.45, 2.75) is 51.5 Å². The Kier molecular flexibility index (Phi) is 6.74. The lowest BCUT2D eigenvalue weighted by atomic mass is 10.1. The number of rotatable bonds is 6. The number of hydrogen-bond donors (Lipinski definition) is 1. The van der Waals surface area contributed by atoms with Gasteiger partial charge < -0.3 is 14.8 Å². The van der Waals surface area contributed by atoms with Gasteiger partial charge in [-0.2, -0.15) is 5.26 Å². The van der Waals surface area contributed by atoms with E-state index in [-0.39, 0.29) is 18.6 Å². The van der Waals surface area contributed by atoms with Gasteiger partial charge in [-0.3, -0.25) is 4.79 Å². The van der Waals surface area contributed by atoms with E-state index in [0.29, 0.717) is 23.7 Å². The summed E-state index contributed by atoms with van der Waals surface area (Å²) in [7, 11) is 0. The Labute approximate surface area is 137 Å². The normalized spacial score (nSPS) is 15.3. The molecule has 0 aliphatic heterocycles. The molecule has 1 aromatic carbocycles. The second-order valence-corrected chi connectivity index (χ2v) is 5.75. The molecule has 5 nitrogen and oxygen atoms in total. The molecule has 0 unspecified atom stereocenters. The van der Waals surface area contributed by atoms with Gasteiger partial charge in [0.15, 0.2) is 18.1 Å². The summed E-state index contributed by atoms with van der Waals surface area (Å²) in [5.74, 6) is 0.874.